The third-order valence-corrected chi connectivity index (χ3v) is 1.92. The quantitative estimate of drug-likeness (QED) is 0.618. The van der Waals surface area contributed by atoms with Crippen molar-refractivity contribution in [2.75, 3.05) is 0 Å². The highest BCUT2D eigenvalue weighted by Crippen LogP contribution is 2.12. The molecule has 3 aromatic heterocycles. The Hall–Kier alpha value is -2.37. The molecular weight excluding hydrogens is 192 g/mol. The van der Waals surface area contributed by atoms with Gasteiger partial charge in [-0.2, -0.15) is 5.10 Å². The molecule has 15 heavy (non-hydrogen) atoms. The topological polar surface area (TPSA) is 80.2 Å². The summed E-state index contributed by atoms with van der Waals surface area (Å²) in [5.41, 5.74) is 1.95. The van der Waals surface area contributed by atoms with Crippen LogP contribution in [0, 0.1) is 6.33 Å². The van der Waals surface area contributed by atoms with Crippen molar-refractivity contribution in [3.8, 4) is 11.5 Å². The van der Waals surface area contributed by atoms with Gasteiger partial charge in [0.15, 0.2) is 17.8 Å². The van der Waals surface area contributed by atoms with E-state index in [1.165, 1.54) is 0 Å². The lowest BCUT2D eigenvalue weighted by atomic mass is 10.3. The molecule has 0 saturated heterocycles. The highest BCUT2D eigenvalue weighted by atomic mass is 15.1. The van der Waals surface area contributed by atoms with Crippen molar-refractivity contribution in [1.82, 2.24) is 30.1 Å². The van der Waals surface area contributed by atoms with Crippen molar-refractivity contribution in [2.24, 2.45) is 0 Å². The summed E-state index contributed by atoms with van der Waals surface area (Å²) in [5.74, 6) is 0.510. The van der Waals surface area contributed by atoms with Crippen molar-refractivity contribution in [3.63, 3.8) is 0 Å². The van der Waals surface area contributed by atoms with Crippen LogP contribution in [0.2, 0.25) is 0 Å². The largest absolute Gasteiger partial charge is 0.333 e. The fourth-order valence-electron chi connectivity index (χ4n) is 1.23. The molecule has 0 atom stereocenters. The second-order valence-electron chi connectivity index (χ2n) is 2.89. The second-order valence-corrected chi connectivity index (χ2v) is 2.89. The molecular formula is C9H5N6. The molecule has 0 unspecified atom stereocenters. The van der Waals surface area contributed by atoms with Crippen molar-refractivity contribution in [1.29, 1.82) is 0 Å². The average Bonchev–Trinajstić information content (AvgIpc) is 2.77. The standard InChI is InChI=1S/C9H5N6/c1-2-6(15-13-3-1)8-10-4-7-9(14-8)12-5-11-7/h1-4H,(H,10,11,12,14). The van der Waals surface area contributed by atoms with Gasteiger partial charge in [-0.05, 0) is 12.1 Å². The van der Waals surface area contributed by atoms with Gasteiger partial charge in [0.2, 0.25) is 0 Å². The first-order valence-electron chi connectivity index (χ1n) is 4.30. The molecule has 3 aromatic rings. The predicted molar refractivity (Wildman–Crippen MR) is 51.5 cm³/mol. The first kappa shape index (κ1) is 7.98. The molecule has 0 aliphatic carbocycles. The van der Waals surface area contributed by atoms with Crippen LogP contribution in [0.25, 0.3) is 22.7 Å². The normalized spacial score (nSPS) is 10.7. The van der Waals surface area contributed by atoms with Crippen LogP contribution in [0.3, 0.4) is 0 Å². The third-order valence-electron chi connectivity index (χ3n) is 1.92. The Morgan fingerprint density at radius 1 is 1.33 bits per heavy atom. The molecule has 6 nitrogen and oxygen atoms in total. The van der Waals surface area contributed by atoms with Gasteiger partial charge in [-0.1, -0.05) is 0 Å². The van der Waals surface area contributed by atoms with Crippen LogP contribution in [0.15, 0.2) is 24.5 Å². The van der Waals surface area contributed by atoms with Crippen LogP contribution in [0.5, 0.6) is 0 Å². The van der Waals surface area contributed by atoms with Crippen molar-refractivity contribution in [3.05, 3.63) is 30.9 Å². The Morgan fingerprint density at radius 2 is 2.33 bits per heavy atom. The highest BCUT2D eigenvalue weighted by molar-refractivity contribution is 5.70. The minimum Gasteiger partial charge on any atom is -0.333 e. The Morgan fingerprint density at radius 3 is 3.20 bits per heavy atom. The summed E-state index contributed by atoms with van der Waals surface area (Å²) in [5, 5.41) is 7.68. The number of rotatable bonds is 1. The number of imidazole rings is 1. The average molecular weight is 197 g/mol. The number of fused-ring (bicyclic) bond motifs is 1. The van der Waals surface area contributed by atoms with E-state index in [9.17, 15) is 0 Å². The van der Waals surface area contributed by atoms with Gasteiger partial charge in [0, 0.05) is 6.20 Å². The van der Waals surface area contributed by atoms with Gasteiger partial charge in [0.1, 0.15) is 11.2 Å². The molecule has 3 heterocycles. The van der Waals surface area contributed by atoms with Gasteiger partial charge in [0.05, 0.1) is 6.20 Å². The van der Waals surface area contributed by atoms with Gasteiger partial charge < -0.3 is 4.98 Å². The molecule has 3 rings (SSSR count). The lowest BCUT2D eigenvalue weighted by Crippen LogP contribution is -1.92. The van der Waals surface area contributed by atoms with Gasteiger partial charge >= 0.3 is 0 Å². The minimum atomic E-state index is 0.510. The van der Waals surface area contributed by atoms with Crippen molar-refractivity contribution in [2.45, 2.75) is 0 Å². The predicted octanol–water partition coefficient (Wildman–Crippen LogP) is 0.610. The maximum absolute atomic E-state index is 4.22. The Labute approximate surface area is 84.4 Å². The summed E-state index contributed by atoms with van der Waals surface area (Å²) < 4.78 is 0. The van der Waals surface area contributed by atoms with E-state index in [1.807, 2.05) is 0 Å². The summed E-state index contributed by atoms with van der Waals surface area (Å²) in [7, 11) is 0. The highest BCUT2D eigenvalue weighted by Gasteiger charge is 2.05. The monoisotopic (exact) mass is 197 g/mol. The molecule has 0 bridgehead atoms. The van der Waals surface area contributed by atoms with E-state index < -0.39 is 0 Å². The zero-order valence-electron chi connectivity index (χ0n) is 7.55. The summed E-state index contributed by atoms with van der Waals surface area (Å²) in [6.07, 6.45) is 5.85. The molecule has 0 aliphatic rings. The van der Waals surface area contributed by atoms with E-state index in [1.54, 1.807) is 24.5 Å². The first-order valence-corrected chi connectivity index (χ1v) is 4.30. The number of aromatic amines is 1. The second kappa shape index (κ2) is 3.09. The Bertz CT molecular complexity index is 588. The van der Waals surface area contributed by atoms with Crippen LogP contribution in [0.4, 0.5) is 0 Å². The minimum absolute atomic E-state index is 0.510. The van der Waals surface area contributed by atoms with Gasteiger partial charge in [-0.15, -0.1) is 5.10 Å². The Balaban J connectivity index is 2.19. The number of nitrogens with one attached hydrogen (secondary N) is 1. The van der Waals surface area contributed by atoms with Gasteiger partial charge in [-0.25, -0.2) is 15.0 Å². The molecule has 0 saturated carbocycles. The van der Waals surface area contributed by atoms with E-state index in [0.717, 1.165) is 5.52 Å². The van der Waals surface area contributed by atoms with E-state index >= 15 is 0 Å². The summed E-state index contributed by atoms with van der Waals surface area (Å²) >= 11 is 0. The van der Waals surface area contributed by atoms with Gasteiger partial charge in [-0.3, -0.25) is 0 Å². The molecule has 1 N–H and O–H groups in total. The molecule has 0 aromatic carbocycles. The smallest absolute Gasteiger partial charge is 0.182 e. The van der Waals surface area contributed by atoms with Crippen molar-refractivity contribution >= 4 is 11.2 Å². The van der Waals surface area contributed by atoms with Crippen LogP contribution in [0.1, 0.15) is 0 Å². The van der Waals surface area contributed by atoms with Crippen LogP contribution in [-0.2, 0) is 0 Å². The number of hydrogen-bond donors (Lipinski definition) is 1. The molecule has 0 spiro atoms. The number of hydrogen-bond acceptors (Lipinski definition) is 5. The zero-order chi connectivity index (χ0) is 10.1. The fraction of sp³-hybridized carbons (Fsp3) is 0. The molecule has 0 amide bonds. The van der Waals surface area contributed by atoms with E-state index in [-0.39, 0.29) is 0 Å². The summed E-state index contributed by atoms with van der Waals surface area (Å²) in [6, 6.07) is 3.58. The third kappa shape index (κ3) is 1.32. The van der Waals surface area contributed by atoms with E-state index in [2.05, 4.69) is 36.5 Å². The lowest BCUT2D eigenvalue weighted by molar-refractivity contribution is 1.02. The fourth-order valence-corrected chi connectivity index (χ4v) is 1.23. The van der Waals surface area contributed by atoms with Gasteiger partial charge in [0.25, 0.3) is 0 Å². The van der Waals surface area contributed by atoms with E-state index in [0.29, 0.717) is 17.2 Å². The lowest BCUT2D eigenvalue weighted by Gasteiger charge is -1.95. The summed E-state index contributed by atoms with van der Waals surface area (Å²) in [6.45, 7) is 0. The van der Waals surface area contributed by atoms with Crippen LogP contribution >= 0.6 is 0 Å². The molecule has 0 fully saturated rings. The van der Waals surface area contributed by atoms with Crippen molar-refractivity contribution < 1.29 is 0 Å². The van der Waals surface area contributed by atoms with E-state index in [4.69, 9.17) is 0 Å². The van der Waals surface area contributed by atoms with Crippen LogP contribution < -0.4 is 0 Å². The number of nitrogens with zero attached hydrogens (tertiary/aromatic N) is 5. The number of H-pyrrole nitrogens is 1. The summed E-state index contributed by atoms with van der Waals surface area (Å²) in [4.78, 5) is 15.1. The molecule has 71 valence electrons. The first-order chi connectivity index (χ1) is 7.43. The number of aromatic nitrogens is 6. The molecule has 6 heteroatoms. The zero-order valence-corrected chi connectivity index (χ0v) is 7.55. The molecule has 0 aliphatic heterocycles. The molecule has 1 radical (unpaired) electrons. The Kier molecular flexibility index (Phi) is 1.64. The SMILES string of the molecule is [c]1nc2nc(-c3cccnn3)ncc2[nH]1. The maximum atomic E-state index is 4.22. The maximum Gasteiger partial charge on any atom is 0.182 e. The van der Waals surface area contributed by atoms with Crippen LogP contribution in [-0.4, -0.2) is 30.1 Å².